The summed E-state index contributed by atoms with van der Waals surface area (Å²) in [6.45, 7) is 1.45. The van der Waals surface area contributed by atoms with Crippen molar-refractivity contribution in [1.29, 1.82) is 0 Å². The minimum Gasteiger partial charge on any atom is -0.477 e. The number of pyridine rings is 3. The number of anilines is 2. The van der Waals surface area contributed by atoms with Crippen LogP contribution in [0.1, 0.15) is 34.5 Å². The largest absolute Gasteiger partial charge is 0.477 e. The Morgan fingerprint density at radius 3 is 2.64 bits per heavy atom. The molecule has 1 fully saturated rings. The first-order valence-electron chi connectivity index (χ1n) is 13.7. The summed E-state index contributed by atoms with van der Waals surface area (Å²) in [5, 5.41) is 12.8. The van der Waals surface area contributed by atoms with Gasteiger partial charge in [0.15, 0.2) is 17.3 Å². The Hall–Kier alpha value is -4.58. The quantitative estimate of drug-likeness (QED) is 0.267. The molecule has 0 bridgehead atoms. The van der Waals surface area contributed by atoms with Gasteiger partial charge in [-0.15, -0.1) is 0 Å². The number of hydrogen-bond donors (Lipinski definition) is 3. The lowest BCUT2D eigenvalue weighted by atomic mass is 9.96. The summed E-state index contributed by atoms with van der Waals surface area (Å²) in [6.07, 6.45) is 6.66. The van der Waals surface area contributed by atoms with Gasteiger partial charge < -0.3 is 25.6 Å². The third-order valence-corrected chi connectivity index (χ3v) is 8.19. The zero-order valence-corrected chi connectivity index (χ0v) is 23.8. The van der Waals surface area contributed by atoms with E-state index >= 15 is 4.39 Å². The maximum Gasteiger partial charge on any atom is 0.341 e. The first-order valence-corrected chi connectivity index (χ1v) is 13.7. The number of aromatic nitrogens is 3. The van der Waals surface area contributed by atoms with Crippen molar-refractivity contribution in [2.24, 2.45) is 0 Å². The van der Waals surface area contributed by atoms with Gasteiger partial charge in [-0.2, -0.15) is 0 Å². The van der Waals surface area contributed by atoms with E-state index in [9.17, 15) is 19.1 Å². The molecule has 1 aliphatic heterocycles. The van der Waals surface area contributed by atoms with Crippen LogP contribution in [0, 0.1) is 11.6 Å². The summed E-state index contributed by atoms with van der Waals surface area (Å²) in [5.41, 5.74) is 6.36. The fourth-order valence-corrected chi connectivity index (χ4v) is 6.37. The zero-order chi connectivity index (χ0) is 29.9. The summed E-state index contributed by atoms with van der Waals surface area (Å²) >= 11 is 0. The van der Waals surface area contributed by atoms with Crippen LogP contribution in [0.15, 0.2) is 35.5 Å². The standard InChI is InChI=1S/C30H31F2N7O3/c1-33-22-10-21(31)26(32)24-17(22)9-23-25(24)27(38-7-5-6-16(38)13-37(3)4)19(12-35-23)15-8-18-28(40)20(30(41)42)14-39(34-2)29(18)36-11-15/h8,10-12,14,16,33-34H,5-7,9,13H2,1-4H3,(H,41,42)/t16-/m0/s1. The van der Waals surface area contributed by atoms with Gasteiger partial charge in [0.25, 0.3) is 0 Å². The number of halogens is 2. The van der Waals surface area contributed by atoms with Crippen molar-refractivity contribution >= 4 is 28.4 Å². The van der Waals surface area contributed by atoms with E-state index in [-0.39, 0.29) is 22.6 Å². The molecule has 3 N–H and O–H groups in total. The molecular formula is C30H31F2N7O3. The number of benzene rings is 1. The molecular weight excluding hydrogens is 544 g/mol. The molecule has 1 aromatic carbocycles. The predicted molar refractivity (Wildman–Crippen MR) is 158 cm³/mol. The molecule has 10 nitrogen and oxygen atoms in total. The van der Waals surface area contributed by atoms with Crippen LogP contribution in [0.5, 0.6) is 0 Å². The molecule has 1 atom stereocenters. The Balaban J connectivity index is 1.66. The number of nitrogens with one attached hydrogen (secondary N) is 2. The summed E-state index contributed by atoms with van der Waals surface area (Å²) < 4.78 is 32.0. The molecule has 0 radical (unpaired) electrons. The SMILES string of the molecule is CNc1cc(F)c(F)c2c1Cc1ncc(-c3cnc4c(c3)c(=O)c(C(=O)O)cn4NC)c(N3CCC[C@H]3CN(C)C)c1-2. The molecule has 1 aliphatic carbocycles. The van der Waals surface area contributed by atoms with Crippen LogP contribution in [-0.2, 0) is 6.42 Å². The molecule has 6 rings (SSSR count). The van der Waals surface area contributed by atoms with Gasteiger partial charge >= 0.3 is 5.97 Å². The number of fused-ring (bicyclic) bond motifs is 4. The van der Waals surface area contributed by atoms with E-state index in [2.05, 4.69) is 25.5 Å². The van der Waals surface area contributed by atoms with Crippen molar-refractivity contribution in [3.05, 3.63) is 69.4 Å². The van der Waals surface area contributed by atoms with Gasteiger partial charge in [0, 0.05) is 92.2 Å². The molecule has 4 heterocycles. The van der Waals surface area contributed by atoms with Crippen LogP contribution in [0.4, 0.5) is 20.2 Å². The summed E-state index contributed by atoms with van der Waals surface area (Å²) in [5.74, 6) is -3.23. The van der Waals surface area contributed by atoms with Crippen molar-refractivity contribution in [3.63, 3.8) is 0 Å². The maximum absolute atomic E-state index is 15.7. The minimum absolute atomic E-state index is 0.100. The molecule has 3 aromatic heterocycles. The lowest BCUT2D eigenvalue weighted by Gasteiger charge is -2.32. The normalized spacial score (nSPS) is 15.8. The molecule has 4 aromatic rings. The Morgan fingerprint density at radius 1 is 1.17 bits per heavy atom. The van der Waals surface area contributed by atoms with Crippen molar-refractivity contribution in [3.8, 4) is 22.3 Å². The van der Waals surface area contributed by atoms with E-state index in [0.717, 1.165) is 19.4 Å². The summed E-state index contributed by atoms with van der Waals surface area (Å²) in [7, 11) is 7.26. The first-order chi connectivity index (χ1) is 20.1. The minimum atomic E-state index is -1.35. The van der Waals surface area contributed by atoms with Crippen molar-refractivity contribution in [1.82, 2.24) is 19.5 Å². The number of carboxylic acids is 1. The highest BCUT2D eigenvalue weighted by Crippen LogP contribution is 2.51. The van der Waals surface area contributed by atoms with Crippen LogP contribution < -0.4 is 21.1 Å². The Labute approximate surface area is 240 Å². The molecule has 0 spiro atoms. The molecule has 12 heteroatoms. The number of carbonyl (C=O) groups is 1. The van der Waals surface area contributed by atoms with E-state index in [4.69, 9.17) is 4.98 Å². The Morgan fingerprint density at radius 2 is 1.95 bits per heavy atom. The van der Waals surface area contributed by atoms with Gasteiger partial charge in [-0.05, 0) is 38.6 Å². The van der Waals surface area contributed by atoms with Crippen molar-refractivity contribution in [2.45, 2.75) is 25.3 Å². The predicted octanol–water partition coefficient (Wildman–Crippen LogP) is 3.75. The smallest absolute Gasteiger partial charge is 0.341 e. The van der Waals surface area contributed by atoms with Gasteiger partial charge in [0.2, 0.25) is 5.43 Å². The second kappa shape index (κ2) is 10.4. The molecule has 2 aliphatic rings. The first kappa shape index (κ1) is 27.6. The molecule has 1 saturated heterocycles. The van der Waals surface area contributed by atoms with Gasteiger partial charge in [-0.3, -0.25) is 9.78 Å². The molecule has 0 saturated carbocycles. The molecule has 0 amide bonds. The van der Waals surface area contributed by atoms with Gasteiger partial charge in [0.05, 0.1) is 16.8 Å². The van der Waals surface area contributed by atoms with E-state index in [1.54, 1.807) is 32.6 Å². The third-order valence-electron chi connectivity index (χ3n) is 8.19. The van der Waals surface area contributed by atoms with Crippen LogP contribution in [0.25, 0.3) is 33.3 Å². The van der Waals surface area contributed by atoms with E-state index < -0.39 is 28.6 Å². The monoisotopic (exact) mass is 575 g/mol. The van der Waals surface area contributed by atoms with Crippen molar-refractivity contribution < 1.29 is 18.7 Å². The fourth-order valence-electron chi connectivity index (χ4n) is 6.37. The lowest BCUT2D eigenvalue weighted by molar-refractivity contribution is 0.0695. The number of hydrogen-bond acceptors (Lipinski definition) is 8. The summed E-state index contributed by atoms with van der Waals surface area (Å²) in [4.78, 5) is 38.7. The second-order valence-electron chi connectivity index (χ2n) is 11.0. The van der Waals surface area contributed by atoms with Crippen LogP contribution in [0.3, 0.4) is 0 Å². The average molecular weight is 576 g/mol. The molecule has 0 unspecified atom stereocenters. The highest BCUT2D eigenvalue weighted by atomic mass is 19.2. The Kier molecular flexibility index (Phi) is 6.80. The third kappa shape index (κ3) is 4.25. The number of likely N-dealkylation sites (N-methyl/N-ethyl adjacent to an activating group) is 1. The molecule has 218 valence electrons. The van der Waals surface area contributed by atoms with E-state index in [1.807, 2.05) is 14.1 Å². The number of carboxylic acid groups (broad SMARTS) is 1. The fraction of sp³-hybridized carbons (Fsp3) is 0.333. The van der Waals surface area contributed by atoms with Gasteiger partial charge in [-0.1, -0.05) is 0 Å². The topological polar surface area (TPSA) is 116 Å². The highest BCUT2D eigenvalue weighted by molar-refractivity contribution is 5.99. The number of aromatic carboxylic acids is 1. The average Bonchev–Trinajstić information content (AvgIpc) is 3.59. The highest BCUT2D eigenvalue weighted by Gasteiger charge is 2.37. The van der Waals surface area contributed by atoms with Crippen molar-refractivity contribution in [2.75, 3.05) is 56.9 Å². The number of rotatable bonds is 7. The van der Waals surface area contributed by atoms with Crippen LogP contribution in [0.2, 0.25) is 0 Å². The molecule has 42 heavy (non-hydrogen) atoms. The van der Waals surface area contributed by atoms with Gasteiger partial charge in [-0.25, -0.2) is 23.2 Å². The zero-order valence-electron chi connectivity index (χ0n) is 23.8. The summed E-state index contributed by atoms with van der Waals surface area (Å²) in [6, 6.07) is 2.88. The van der Waals surface area contributed by atoms with E-state index in [0.29, 0.717) is 52.3 Å². The van der Waals surface area contributed by atoms with Crippen LogP contribution in [-0.4, -0.2) is 77.9 Å². The number of nitrogens with zero attached hydrogens (tertiary/aromatic N) is 5. The lowest BCUT2D eigenvalue weighted by Crippen LogP contribution is -2.38. The van der Waals surface area contributed by atoms with Crippen LogP contribution >= 0.6 is 0 Å². The van der Waals surface area contributed by atoms with E-state index in [1.165, 1.54) is 16.9 Å². The van der Waals surface area contributed by atoms with Gasteiger partial charge in [0.1, 0.15) is 5.56 Å². The maximum atomic E-state index is 15.7. The Bertz CT molecular complexity index is 1820. The second-order valence-corrected chi connectivity index (χ2v) is 11.0.